The van der Waals surface area contributed by atoms with Crippen molar-refractivity contribution in [3.63, 3.8) is 0 Å². The van der Waals surface area contributed by atoms with Crippen molar-refractivity contribution in [2.75, 3.05) is 48.3 Å². The summed E-state index contributed by atoms with van der Waals surface area (Å²) >= 11 is 0. The number of hydrogen-bond acceptors (Lipinski definition) is 33. The number of Topliss-reactive ketones (excluding diaryl/α,β-unsaturated/α-hetero) is 7. The molecule has 0 bridgehead atoms. The fourth-order valence-electron chi connectivity index (χ4n) is 27.7. The van der Waals surface area contributed by atoms with Crippen LogP contribution in [-0.2, 0) is 97.2 Å². The number of furan rings is 5. The molecule has 34 heteroatoms. The number of carboxylic acids is 1. The number of esters is 7. The van der Waals surface area contributed by atoms with E-state index >= 15 is 0 Å². The molecule has 8 heterocycles. The van der Waals surface area contributed by atoms with Gasteiger partial charge in [0.2, 0.25) is 17.3 Å². The molecular weight excluding hydrogens is 1830 g/mol. The molecule has 0 saturated heterocycles. The molecule has 5 saturated carbocycles. The number of fused-ring (bicyclic) bond motifs is 17. The van der Waals surface area contributed by atoms with E-state index in [-0.39, 0.29) is 165 Å². The number of hydrogen-bond donors (Lipinski definition) is 4. The maximum Gasteiger partial charge on any atom is 0.342 e. The Bertz CT molecular complexity index is 6980. The number of aliphatic hydroxyl groups is 1. The number of cyclic esters (lactones) is 3. The Balaban J connectivity index is 0.000000113. The van der Waals surface area contributed by atoms with Crippen LogP contribution in [0.4, 0.5) is 0 Å². The Labute approximate surface area is 807 Å². The average Bonchev–Trinajstić information content (AvgIpc) is 1.59. The zero-order valence-electron chi connectivity index (χ0n) is 81.4. The molecule has 2 aromatic carbocycles. The van der Waals surface area contributed by atoms with Crippen molar-refractivity contribution in [2.24, 2.45) is 44.8 Å². The summed E-state index contributed by atoms with van der Waals surface area (Å²) in [5.74, 6) is -5.66. The van der Waals surface area contributed by atoms with Crippen LogP contribution in [0.25, 0.3) is 34.1 Å². The molecule has 0 amide bonds. The number of allylic oxidation sites excluding steroid dienone is 5. The summed E-state index contributed by atoms with van der Waals surface area (Å²) in [5, 5.41) is 42.7. The van der Waals surface area contributed by atoms with Gasteiger partial charge < -0.3 is 89.9 Å². The number of rotatable bonds is 11. The van der Waals surface area contributed by atoms with Crippen molar-refractivity contribution in [3.05, 3.63) is 172 Å². The fraction of sp³-hybridized carbons (Fsp3) is 0.505. The monoisotopic (exact) mass is 1940 g/mol. The number of phenols is 2. The molecule has 0 unspecified atom stereocenters. The van der Waals surface area contributed by atoms with E-state index in [9.17, 15) is 92.3 Å². The molecule has 23 rings (SSSR count). The lowest BCUT2D eigenvalue weighted by Crippen LogP contribution is -2.57. The first kappa shape index (κ1) is 96.8. The Morgan fingerprint density at radius 3 is 1.23 bits per heavy atom. The molecule has 7 aromatic rings. The van der Waals surface area contributed by atoms with Gasteiger partial charge in [-0.05, 0) is 145 Å². The number of aromatic hydroxyl groups is 2. The van der Waals surface area contributed by atoms with E-state index in [4.69, 9.17) is 69.5 Å². The number of aliphatic hydroxyl groups excluding tert-OH is 1. The second-order valence-corrected chi connectivity index (χ2v) is 41.9. The van der Waals surface area contributed by atoms with Crippen LogP contribution in [0, 0.1) is 65.6 Å². The SMILES string of the molecule is COC(=O)c1coc2c(O)c3c(c(C)c12)C=C[C@]1(C)C(=O)CC[C@@H]31.COC[C@H]1OC(=O)c2c(C)oc3c2[C@@]1(C)C1=C(C3=O)[C@@H]2CCC(=O)[C@@]2(C)C[C@H]1OC(C)=O.COC[C@H]1OC(=O)c2coc3c2[C@@]1(C)C1=C(C3=O)[C@@H]2CCC(=O)[C@@]2(C)C[C@H]1OC(C)=O.COC[C@H]1OC(=O)c2coc3c2[C@@]1(C)C1=C(C3=O)[C@@H]2CC[C@H](O)[C@@]2(C)C[C@H]1OC(C)=O.Cc1c2c(c(O)c3occ(C(=O)O)c13)[C@@H]1CCC(=O)[C@@]1(C)C=C2. The minimum Gasteiger partial charge on any atom is -0.504 e. The maximum atomic E-state index is 13.9. The number of methoxy groups -OCH3 is 4. The molecule has 0 radical (unpaired) electrons. The lowest BCUT2D eigenvalue weighted by atomic mass is 9.54. The molecule has 16 aliphatic rings. The van der Waals surface area contributed by atoms with E-state index in [2.05, 4.69) is 0 Å². The molecule has 5 fully saturated rings. The molecule has 141 heavy (non-hydrogen) atoms. The summed E-state index contributed by atoms with van der Waals surface area (Å²) in [6, 6.07) is 0. The van der Waals surface area contributed by atoms with E-state index in [0.717, 1.165) is 34.1 Å². The molecular formula is C107H110O34. The van der Waals surface area contributed by atoms with Crippen molar-refractivity contribution in [3.8, 4) is 11.5 Å². The summed E-state index contributed by atoms with van der Waals surface area (Å²) in [4.78, 5) is 189. The Morgan fingerprint density at radius 2 is 0.816 bits per heavy atom. The van der Waals surface area contributed by atoms with Crippen LogP contribution in [0.5, 0.6) is 11.5 Å². The number of ketones is 7. The summed E-state index contributed by atoms with van der Waals surface area (Å²) in [5.41, 5.74) is 4.56. The standard InChI is InChI=1S/C24H26O8.C23H26O8.C23H24O8.C19H18O5.C18H16O5/c1-10-16-19-21(30-10)20(27)17-12-6-7-14(26)23(12,3)8-13(31-11(2)25)18(17)24(19,4)15(9-29-5)32-22(16)28;2*1-10(24)30-13-7-22(2)12(5-6-14(22)25)16-18(13)23(3)15(9-28-4)31-21(27)11-8-29-20(17(11)23)19(16)26;1-9-10-6-7-19(2)12(4-5-13(19)20)15(10)16(21)17-14(9)11(8-24-17)18(22)23-3;1-8-9-5-6-18(2)11(3-4-12(18)19)14(9)15(20)16-13(8)10(7-23-16)17(21)22/h12-13,15H,6-9H2,1-5H3;8,12-15,25H,5-7,9H2,1-4H3;8,12-13,15H,5-7,9H2,1-4H3;6-8,12,21H,4-5H2,1-3H3;5-7,11,20H,3-4H2,1-2H3,(H,21,22)/t12-,13+,15+,23-,24+;12-,13+,14-,15+,22-,23-;12-,13+,15+,22-,23-;12-,19-;11-,18-/m00000/s1. The van der Waals surface area contributed by atoms with Crippen molar-refractivity contribution >= 4 is 122 Å². The molecule has 5 aromatic heterocycles. The number of aryl methyl sites for hydroxylation is 3. The van der Waals surface area contributed by atoms with E-state index in [1.807, 2.05) is 93.5 Å². The molecule has 13 aliphatic carbocycles. The lowest BCUT2D eigenvalue weighted by molar-refractivity contribution is -0.150. The summed E-state index contributed by atoms with van der Waals surface area (Å²) in [6.07, 6.45) is 13.7. The average molecular weight is 1940 g/mol. The molecule has 34 nitrogen and oxygen atoms in total. The molecule has 742 valence electrons. The normalized spacial score (nSPS) is 32.8. The number of carboxylic acid groups (broad SMARTS) is 1. The minimum atomic E-state index is -1.09. The van der Waals surface area contributed by atoms with Crippen LogP contribution in [0.1, 0.15) is 311 Å². The Kier molecular flexibility index (Phi) is 23.0. The number of ether oxygens (including phenoxy) is 10. The Hall–Kier alpha value is -13.1. The smallest absolute Gasteiger partial charge is 0.342 e. The molecule has 0 spiro atoms. The fourth-order valence-corrected chi connectivity index (χ4v) is 27.7. The number of phenolic OH excluding ortho intramolecular Hbond substituents is 2. The molecule has 20 atom stereocenters. The lowest BCUT2D eigenvalue weighted by Gasteiger charge is -2.52. The number of carbonyl (C=O) groups excluding carboxylic acids is 14. The van der Waals surface area contributed by atoms with Gasteiger partial charge in [0.05, 0.1) is 60.1 Å². The van der Waals surface area contributed by atoms with Gasteiger partial charge >= 0.3 is 47.8 Å². The van der Waals surface area contributed by atoms with E-state index < -0.39 is 134 Å². The second kappa shape index (κ2) is 33.6. The summed E-state index contributed by atoms with van der Waals surface area (Å²) in [6.45, 7) is 24.7. The topological polar surface area (TPSA) is 495 Å². The number of aromatic carboxylic acids is 1. The van der Waals surface area contributed by atoms with Gasteiger partial charge in [-0.15, -0.1) is 0 Å². The van der Waals surface area contributed by atoms with E-state index in [1.54, 1.807) is 6.92 Å². The van der Waals surface area contributed by atoms with Crippen LogP contribution in [0.15, 0.2) is 92.7 Å². The van der Waals surface area contributed by atoms with Gasteiger partial charge in [-0.3, -0.25) is 47.9 Å². The van der Waals surface area contributed by atoms with Crippen LogP contribution in [0.2, 0.25) is 0 Å². The van der Waals surface area contributed by atoms with E-state index in [1.165, 1.54) is 68.0 Å². The predicted molar refractivity (Wildman–Crippen MR) is 491 cm³/mol. The predicted octanol–water partition coefficient (Wildman–Crippen LogP) is 15.0. The third-order valence-electron chi connectivity index (χ3n) is 34.8. The minimum absolute atomic E-state index is 0.0241. The van der Waals surface area contributed by atoms with Crippen molar-refractivity contribution < 1.29 is 162 Å². The van der Waals surface area contributed by atoms with Crippen LogP contribution in [0.3, 0.4) is 0 Å². The van der Waals surface area contributed by atoms with Gasteiger partial charge in [-0.2, -0.15) is 0 Å². The molecule has 3 aliphatic heterocycles. The molecule has 4 N–H and O–H groups in total. The van der Waals surface area contributed by atoms with Crippen molar-refractivity contribution in [1.82, 2.24) is 0 Å². The van der Waals surface area contributed by atoms with Crippen molar-refractivity contribution in [1.29, 1.82) is 0 Å². The second-order valence-electron chi connectivity index (χ2n) is 41.9. The third kappa shape index (κ3) is 13.4. The number of carbonyl (C=O) groups is 15. The third-order valence-corrected chi connectivity index (χ3v) is 34.8. The number of benzene rings is 2. The van der Waals surface area contributed by atoms with E-state index in [0.29, 0.717) is 148 Å². The highest BCUT2D eigenvalue weighted by Crippen LogP contribution is 2.68. The first-order valence-electron chi connectivity index (χ1n) is 47.5. The van der Waals surface area contributed by atoms with Gasteiger partial charge in [0.15, 0.2) is 39.9 Å². The van der Waals surface area contributed by atoms with Gasteiger partial charge in [0.25, 0.3) is 0 Å². The first-order chi connectivity index (χ1) is 66.6. The van der Waals surface area contributed by atoms with Crippen LogP contribution < -0.4 is 0 Å². The maximum absolute atomic E-state index is 13.9. The summed E-state index contributed by atoms with van der Waals surface area (Å²) in [7, 11) is 5.84. The highest BCUT2D eigenvalue weighted by atomic mass is 16.6. The quantitative estimate of drug-likeness (QED) is 0.0690. The highest BCUT2D eigenvalue weighted by Gasteiger charge is 2.70. The van der Waals surface area contributed by atoms with Gasteiger partial charge in [0.1, 0.15) is 118 Å². The van der Waals surface area contributed by atoms with Gasteiger partial charge in [-0.1, -0.05) is 45.1 Å². The zero-order chi connectivity index (χ0) is 101. The Morgan fingerprint density at radius 1 is 0.440 bits per heavy atom. The van der Waals surface area contributed by atoms with Gasteiger partial charge in [0, 0.05) is 176 Å². The zero-order valence-corrected chi connectivity index (χ0v) is 81.4. The highest BCUT2D eigenvalue weighted by molar-refractivity contribution is 6.18. The van der Waals surface area contributed by atoms with Crippen LogP contribution in [-0.4, -0.2) is 200 Å². The summed E-state index contributed by atoms with van der Waals surface area (Å²) < 4.78 is 83.4. The van der Waals surface area contributed by atoms with Crippen molar-refractivity contribution in [2.45, 2.75) is 251 Å². The largest absolute Gasteiger partial charge is 0.504 e. The first-order valence-corrected chi connectivity index (χ1v) is 47.5. The van der Waals surface area contributed by atoms with Gasteiger partial charge in [-0.25, -0.2) is 24.0 Å². The van der Waals surface area contributed by atoms with Crippen LogP contribution >= 0.6 is 0 Å².